The van der Waals surface area contributed by atoms with Crippen LogP contribution in [-0.4, -0.2) is 22.4 Å². The predicted molar refractivity (Wildman–Crippen MR) is 123 cm³/mol. The van der Waals surface area contributed by atoms with Crippen LogP contribution in [0, 0.1) is 11.8 Å². The summed E-state index contributed by atoms with van der Waals surface area (Å²) in [6.07, 6.45) is 29.3. The minimum atomic E-state index is -0.623. The largest absolute Gasteiger partial charge is 0.389 e. The Morgan fingerprint density at radius 3 is 2.32 bits per heavy atom. The molecule has 0 fully saturated rings. The summed E-state index contributed by atoms with van der Waals surface area (Å²) in [5.74, 6) is 5.57. The van der Waals surface area contributed by atoms with Gasteiger partial charge in [-0.1, -0.05) is 106 Å². The summed E-state index contributed by atoms with van der Waals surface area (Å²) in [7, 11) is 0. The highest BCUT2D eigenvalue weighted by atomic mass is 16.3. The molecule has 0 saturated carbocycles. The molecule has 0 spiro atoms. The van der Waals surface area contributed by atoms with Gasteiger partial charge < -0.3 is 10.2 Å². The molecule has 2 nitrogen and oxygen atoms in total. The van der Waals surface area contributed by atoms with Crippen molar-refractivity contribution in [2.75, 3.05) is 0 Å². The van der Waals surface area contributed by atoms with E-state index >= 15 is 0 Å². The molecule has 2 unspecified atom stereocenters. The molecule has 0 aliphatic heterocycles. The Bertz CT molecular complexity index is 541. The second kappa shape index (κ2) is 21.5. The number of hydrogen-bond donors (Lipinski definition) is 2. The Morgan fingerprint density at radius 1 is 0.786 bits per heavy atom. The SMILES string of the molecule is CC/C=C\CC(O)C#C/C=C/C=C/C(O)C/C=C\C/C=C\CCCCCCC. The van der Waals surface area contributed by atoms with Gasteiger partial charge in [-0.05, 0) is 38.2 Å². The zero-order chi connectivity index (χ0) is 20.7. The van der Waals surface area contributed by atoms with Gasteiger partial charge in [0.15, 0.2) is 0 Å². The molecule has 0 amide bonds. The van der Waals surface area contributed by atoms with E-state index in [4.69, 9.17) is 0 Å². The number of aliphatic hydroxyl groups excluding tert-OH is 2. The van der Waals surface area contributed by atoms with E-state index in [9.17, 15) is 10.2 Å². The summed E-state index contributed by atoms with van der Waals surface area (Å²) < 4.78 is 0. The molecule has 0 heterocycles. The third-order valence-electron chi connectivity index (χ3n) is 4.09. The Hall–Kier alpha value is -1.82. The van der Waals surface area contributed by atoms with E-state index in [1.807, 2.05) is 18.2 Å². The first-order valence-corrected chi connectivity index (χ1v) is 10.9. The number of allylic oxidation sites excluding steroid dienone is 7. The fourth-order valence-corrected chi connectivity index (χ4v) is 2.46. The van der Waals surface area contributed by atoms with Gasteiger partial charge in [0.1, 0.15) is 6.10 Å². The molecule has 0 aromatic heterocycles. The molecular formula is C26H40O2. The average molecular weight is 385 g/mol. The summed E-state index contributed by atoms with van der Waals surface area (Å²) in [4.78, 5) is 0. The fraction of sp³-hybridized carbons (Fsp3) is 0.538. The molecule has 156 valence electrons. The first-order chi connectivity index (χ1) is 13.7. The van der Waals surface area contributed by atoms with Gasteiger partial charge in [0, 0.05) is 6.42 Å². The fourth-order valence-electron chi connectivity index (χ4n) is 2.46. The van der Waals surface area contributed by atoms with Gasteiger partial charge in [0.25, 0.3) is 0 Å². The third kappa shape index (κ3) is 20.5. The number of rotatable bonds is 15. The summed E-state index contributed by atoms with van der Waals surface area (Å²) >= 11 is 0. The summed E-state index contributed by atoms with van der Waals surface area (Å²) in [5, 5.41) is 19.5. The second-order valence-corrected chi connectivity index (χ2v) is 6.85. The molecular weight excluding hydrogens is 344 g/mol. The maximum Gasteiger partial charge on any atom is 0.118 e. The lowest BCUT2D eigenvalue weighted by molar-refractivity contribution is 0.227. The zero-order valence-electron chi connectivity index (χ0n) is 17.9. The molecule has 0 radical (unpaired) electrons. The van der Waals surface area contributed by atoms with E-state index in [1.165, 1.54) is 38.5 Å². The molecule has 2 N–H and O–H groups in total. The van der Waals surface area contributed by atoms with E-state index < -0.39 is 12.2 Å². The van der Waals surface area contributed by atoms with E-state index in [0.29, 0.717) is 12.8 Å². The van der Waals surface area contributed by atoms with Crippen LogP contribution in [0.2, 0.25) is 0 Å². The molecule has 0 saturated heterocycles. The van der Waals surface area contributed by atoms with Gasteiger partial charge >= 0.3 is 0 Å². The van der Waals surface area contributed by atoms with Crippen LogP contribution in [0.1, 0.15) is 78.1 Å². The molecule has 0 aliphatic carbocycles. The number of aliphatic hydroxyl groups is 2. The Balaban J connectivity index is 3.80. The Labute approximate surface area is 173 Å². The van der Waals surface area contributed by atoms with Crippen LogP contribution < -0.4 is 0 Å². The molecule has 28 heavy (non-hydrogen) atoms. The zero-order valence-corrected chi connectivity index (χ0v) is 17.9. The van der Waals surface area contributed by atoms with Crippen LogP contribution >= 0.6 is 0 Å². The van der Waals surface area contributed by atoms with Crippen molar-refractivity contribution >= 4 is 0 Å². The standard InChI is InChI=1S/C26H40O2/c1-3-5-7-8-9-10-11-12-13-14-18-22-26(28)24-20-16-15-19-23-25(27)21-17-6-4-2/h6,11-12,14-18,20,24-28H,3-5,7-10,13,21-22H2,1-2H3/b12-11-,16-15+,17-6-,18-14-,24-20+. The first-order valence-electron chi connectivity index (χ1n) is 10.9. The van der Waals surface area contributed by atoms with Gasteiger partial charge in [-0.15, -0.1) is 0 Å². The van der Waals surface area contributed by atoms with E-state index in [-0.39, 0.29) is 0 Å². The maximum absolute atomic E-state index is 9.88. The van der Waals surface area contributed by atoms with Crippen LogP contribution in [0.3, 0.4) is 0 Å². The maximum atomic E-state index is 9.88. The molecule has 2 atom stereocenters. The van der Waals surface area contributed by atoms with Gasteiger partial charge in [0.2, 0.25) is 0 Å². The van der Waals surface area contributed by atoms with Crippen molar-refractivity contribution < 1.29 is 10.2 Å². The first kappa shape index (κ1) is 26.2. The predicted octanol–water partition coefficient (Wildman–Crippen LogP) is 6.43. The lowest BCUT2D eigenvalue weighted by Crippen LogP contribution is -1.99. The van der Waals surface area contributed by atoms with Crippen LogP contribution in [-0.2, 0) is 0 Å². The monoisotopic (exact) mass is 384 g/mol. The van der Waals surface area contributed by atoms with Crippen molar-refractivity contribution in [2.45, 2.75) is 90.3 Å². The van der Waals surface area contributed by atoms with Gasteiger partial charge in [-0.3, -0.25) is 0 Å². The van der Waals surface area contributed by atoms with Crippen molar-refractivity contribution in [2.24, 2.45) is 0 Å². The lowest BCUT2D eigenvalue weighted by atomic mass is 10.1. The Morgan fingerprint density at radius 2 is 1.54 bits per heavy atom. The molecule has 0 aromatic carbocycles. The highest BCUT2D eigenvalue weighted by Gasteiger charge is 1.93. The average Bonchev–Trinajstić information content (AvgIpc) is 2.69. The van der Waals surface area contributed by atoms with Crippen molar-refractivity contribution in [3.05, 3.63) is 60.8 Å². The van der Waals surface area contributed by atoms with Crippen LogP contribution in [0.5, 0.6) is 0 Å². The van der Waals surface area contributed by atoms with Crippen LogP contribution in [0.4, 0.5) is 0 Å². The topological polar surface area (TPSA) is 40.5 Å². The second-order valence-electron chi connectivity index (χ2n) is 6.85. The highest BCUT2D eigenvalue weighted by Crippen LogP contribution is 2.05. The minimum absolute atomic E-state index is 0.485. The summed E-state index contributed by atoms with van der Waals surface area (Å²) in [6, 6.07) is 0. The van der Waals surface area contributed by atoms with Crippen molar-refractivity contribution in [1.29, 1.82) is 0 Å². The van der Waals surface area contributed by atoms with Crippen molar-refractivity contribution in [1.82, 2.24) is 0 Å². The number of unbranched alkanes of at least 4 members (excludes halogenated alkanes) is 5. The highest BCUT2D eigenvalue weighted by molar-refractivity contribution is 5.22. The molecule has 2 heteroatoms. The van der Waals surface area contributed by atoms with E-state index in [0.717, 1.165) is 12.8 Å². The van der Waals surface area contributed by atoms with Crippen molar-refractivity contribution in [3.8, 4) is 11.8 Å². The molecule has 0 aromatic rings. The lowest BCUT2D eigenvalue weighted by Gasteiger charge is -1.98. The van der Waals surface area contributed by atoms with Crippen molar-refractivity contribution in [3.63, 3.8) is 0 Å². The quantitative estimate of drug-likeness (QED) is 0.148. The summed E-state index contributed by atoms with van der Waals surface area (Å²) in [6.45, 7) is 4.30. The van der Waals surface area contributed by atoms with Gasteiger partial charge in [0.05, 0.1) is 6.10 Å². The smallest absolute Gasteiger partial charge is 0.118 e. The summed E-state index contributed by atoms with van der Waals surface area (Å²) in [5.41, 5.74) is 0. The van der Waals surface area contributed by atoms with Gasteiger partial charge in [-0.2, -0.15) is 0 Å². The number of hydrogen-bond acceptors (Lipinski definition) is 2. The molecule has 0 aliphatic rings. The molecule has 0 bridgehead atoms. The Kier molecular flexibility index (Phi) is 20.1. The molecule has 0 rings (SSSR count). The van der Waals surface area contributed by atoms with E-state index in [2.05, 4.69) is 43.9 Å². The normalized spacial score (nSPS) is 14.6. The van der Waals surface area contributed by atoms with E-state index in [1.54, 1.807) is 24.3 Å². The van der Waals surface area contributed by atoms with Crippen LogP contribution in [0.15, 0.2) is 60.8 Å². The van der Waals surface area contributed by atoms with Gasteiger partial charge in [-0.25, -0.2) is 0 Å². The third-order valence-corrected chi connectivity index (χ3v) is 4.09. The minimum Gasteiger partial charge on any atom is -0.389 e. The van der Waals surface area contributed by atoms with Crippen LogP contribution in [0.25, 0.3) is 0 Å².